The lowest BCUT2D eigenvalue weighted by Gasteiger charge is -2.24. The van der Waals surface area contributed by atoms with E-state index in [-0.39, 0.29) is 12.1 Å². The molecule has 0 unspecified atom stereocenters. The third-order valence-electron chi connectivity index (χ3n) is 3.62. The number of rotatable bonds is 4. The van der Waals surface area contributed by atoms with Gasteiger partial charge in [-0.3, -0.25) is 0 Å². The van der Waals surface area contributed by atoms with Gasteiger partial charge in [0.25, 0.3) is 0 Å². The maximum Gasteiger partial charge on any atom is 0.223 e. The number of nitrogen functional groups attached to an aromatic ring is 1. The number of ether oxygens (including phenoxy) is 2. The molecule has 0 saturated carbocycles. The van der Waals surface area contributed by atoms with E-state index in [1.165, 1.54) is 0 Å². The van der Waals surface area contributed by atoms with Gasteiger partial charge in [0.05, 0.1) is 13.2 Å². The van der Waals surface area contributed by atoms with Gasteiger partial charge < -0.3 is 20.5 Å². The van der Waals surface area contributed by atoms with Crippen LogP contribution in [0.4, 0.5) is 17.5 Å². The summed E-state index contributed by atoms with van der Waals surface area (Å²) in [6.07, 6.45) is 2.08. The number of benzene rings is 1. The van der Waals surface area contributed by atoms with Crippen molar-refractivity contribution >= 4 is 29.1 Å². The molecule has 1 aromatic carbocycles. The van der Waals surface area contributed by atoms with E-state index < -0.39 is 0 Å². The lowest BCUT2D eigenvalue weighted by Crippen LogP contribution is -2.26. The number of nitrogens with two attached hydrogens (primary N) is 1. The molecular formula is C16H19ClN4O2. The van der Waals surface area contributed by atoms with E-state index in [1.807, 2.05) is 25.1 Å². The van der Waals surface area contributed by atoms with E-state index >= 15 is 0 Å². The molecule has 2 aromatic rings. The summed E-state index contributed by atoms with van der Waals surface area (Å²) < 4.78 is 11.4. The topological polar surface area (TPSA) is 82.3 Å². The fourth-order valence-corrected chi connectivity index (χ4v) is 2.67. The van der Waals surface area contributed by atoms with Crippen molar-refractivity contribution in [2.45, 2.75) is 25.9 Å². The molecule has 1 aromatic heterocycles. The van der Waals surface area contributed by atoms with Gasteiger partial charge in [-0.1, -0.05) is 11.6 Å². The molecule has 0 radical (unpaired) electrons. The van der Waals surface area contributed by atoms with Gasteiger partial charge in [0, 0.05) is 24.6 Å². The molecule has 0 aliphatic carbocycles. The number of nitrogens with one attached hydrogen (secondary N) is 1. The third-order valence-corrected chi connectivity index (χ3v) is 3.82. The van der Waals surface area contributed by atoms with Crippen molar-refractivity contribution in [1.29, 1.82) is 0 Å². The fourth-order valence-electron chi connectivity index (χ4n) is 2.48. The lowest BCUT2D eigenvalue weighted by molar-refractivity contribution is 0.0253. The van der Waals surface area contributed by atoms with Crippen LogP contribution in [0.25, 0.3) is 0 Å². The maximum absolute atomic E-state index is 6.05. The van der Waals surface area contributed by atoms with Crippen molar-refractivity contribution in [2.24, 2.45) is 0 Å². The molecule has 3 N–H and O–H groups in total. The Kier molecular flexibility index (Phi) is 4.83. The second-order valence-corrected chi connectivity index (χ2v) is 5.86. The Balaban J connectivity index is 1.70. The number of aryl methyl sites for hydroxylation is 1. The van der Waals surface area contributed by atoms with Gasteiger partial charge in [0.1, 0.15) is 22.8 Å². The minimum absolute atomic E-state index is 0.135. The SMILES string of the molecule is Cc1cc(Nc2cc(Cl)nc(N)n2)ccc1OC1CCOCC1. The van der Waals surface area contributed by atoms with Crippen LogP contribution in [0.1, 0.15) is 18.4 Å². The molecule has 3 rings (SSSR count). The average molecular weight is 335 g/mol. The highest BCUT2D eigenvalue weighted by Crippen LogP contribution is 2.27. The van der Waals surface area contributed by atoms with Crippen LogP contribution in [0.5, 0.6) is 5.75 Å². The first-order valence-electron chi connectivity index (χ1n) is 7.52. The normalized spacial score (nSPS) is 15.4. The van der Waals surface area contributed by atoms with E-state index in [1.54, 1.807) is 6.07 Å². The van der Waals surface area contributed by atoms with Gasteiger partial charge in [-0.15, -0.1) is 0 Å². The van der Waals surface area contributed by atoms with E-state index in [0.717, 1.165) is 43.1 Å². The fraction of sp³-hybridized carbons (Fsp3) is 0.375. The van der Waals surface area contributed by atoms with Gasteiger partial charge in [0.2, 0.25) is 5.95 Å². The molecule has 1 fully saturated rings. The first-order chi connectivity index (χ1) is 11.1. The van der Waals surface area contributed by atoms with Crippen LogP contribution in [-0.2, 0) is 4.74 Å². The van der Waals surface area contributed by atoms with Crippen LogP contribution in [0.3, 0.4) is 0 Å². The van der Waals surface area contributed by atoms with Gasteiger partial charge in [-0.2, -0.15) is 4.98 Å². The Morgan fingerprint density at radius 1 is 1.26 bits per heavy atom. The third kappa shape index (κ3) is 4.24. The van der Waals surface area contributed by atoms with Crippen molar-refractivity contribution in [1.82, 2.24) is 9.97 Å². The van der Waals surface area contributed by atoms with Crippen molar-refractivity contribution in [2.75, 3.05) is 24.3 Å². The van der Waals surface area contributed by atoms with Crippen LogP contribution < -0.4 is 15.8 Å². The highest BCUT2D eigenvalue weighted by molar-refractivity contribution is 6.29. The molecule has 0 spiro atoms. The van der Waals surface area contributed by atoms with Crippen molar-refractivity contribution in [3.8, 4) is 5.75 Å². The molecule has 1 saturated heterocycles. The first kappa shape index (κ1) is 15.8. The summed E-state index contributed by atoms with van der Waals surface area (Å²) in [5, 5.41) is 3.47. The first-order valence-corrected chi connectivity index (χ1v) is 7.90. The second-order valence-electron chi connectivity index (χ2n) is 5.47. The molecule has 23 heavy (non-hydrogen) atoms. The van der Waals surface area contributed by atoms with E-state index in [2.05, 4.69) is 15.3 Å². The van der Waals surface area contributed by atoms with Gasteiger partial charge in [-0.25, -0.2) is 4.98 Å². The molecule has 1 aliphatic rings. The summed E-state index contributed by atoms with van der Waals surface area (Å²) in [5.74, 6) is 1.58. The number of anilines is 3. The smallest absolute Gasteiger partial charge is 0.223 e. The Morgan fingerprint density at radius 3 is 2.74 bits per heavy atom. The predicted molar refractivity (Wildman–Crippen MR) is 90.4 cm³/mol. The van der Waals surface area contributed by atoms with E-state index in [4.69, 9.17) is 26.8 Å². The molecular weight excluding hydrogens is 316 g/mol. The largest absolute Gasteiger partial charge is 0.490 e. The van der Waals surface area contributed by atoms with Gasteiger partial charge in [0.15, 0.2) is 0 Å². The van der Waals surface area contributed by atoms with E-state index in [0.29, 0.717) is 11.0 Å². The highest BCUT2D eigenvalue weighted by Gasteiger charge is 2.16. The quantitative estimate of drug-likeness (QED) is 0.835. The zero-order valence-electron chi connectivity index (χ0n) is 12.9. The standard InChI is InChI=1S/C16H19ClN4O2/c1-10-8-11(19-15-9-14(17)20-16(18)21-15)2-3-13(10)23-12-4-6-22-7-5-12/h2-3,8-9,12H,4-7H2,1H3,(H3,18,19,20,21). The Hall–Kier alpha value is -2.05. The molecule has 7 heteroatoms. The van der Waals surface area contributed by atoms with Crippen LogP contribution >= 0.6 is 11.6 Å². The summed E-state index contributed by atoms with van der Waals surface area (Å²) in [6.45, 7) is 3.54. The van der Waals surface area contributed by atoms with Gasteiger partial charge >= 0.3 is 0 Å². The number of halogens is 1. The number of hydrogen-bond acceptors (Lipinski definition) is 6. The number of aromatic nitrogens is 2. The minimum Gasteiger partial charge on any atom is -0.490 e. The molecule has 0 amide bonds. The predicted octanol–water partition coefficient (Wildman–Crippen LogP) is 3.32. The van der Waals surface area contributed by atoms with Crippen molar-refractivity contribution in [3.05, 3.63) is 35.0 Å². The molecule has 6 nitrogen and oxygen atoms in total. The number of nitrogens with zero attached hydrogens (tertiary/aromatic N) is 2. The zero-order valence-corrected chi connectivity index (χ0v) is 13.6. The molecule has 1 aliphatic heterocycles. The van der Waals surface area contributed by atoms with Crippen molar-refractivity contribution in [3.63, 3.8) is 0 Å². The van der Waals surface area contributed by atoms with E-state index in [9.17, 15) is 0 Å². The summed E-state index contributed by atoms with van der Waals surface area (Å²) in [5.41, 5.74) is 7.53. The Labute approximate surface area is 140 Å². The van der Waals surface area contributed by atoms with Crippen molar-refractivity contribution < 1.29 is 9.47 Å². The zero-order chi connectivity index (χ0) is 16.2. The molecule has 2 heterocycles. The number of hydrogen-bond donors (Lipinski definition) is 2. The lowest BCUT2D eigenvalue weighted by atomic mass is 10.1. The molecule has 122 valence electrons. The monoisotopic (exact) mass is 334 g/mol. The van der Waals surface area contributed by atoms with Crippen LogP contribution in [0.2, 0.25) is 5.15 Å². The van der Waals surface area contributed by atoms with Crippen LogP contribution in [-0.4, -0.2) is 29.3 Å². The minimum atomic E-state index is 0.135. The Morgan fingerprint density at radius 2 is 2.04 bits per heavy atom. The summed E-state index contributed by atoms with van der Waals surface area (Å²) in [6, 6.07) is 7.52. The molecule has 0 bridgehead atoms. The average Bonchev–Trinajstić information content (AvgIpc) is 2.50. The summed E-state index contributed by atoms with van der Waals surface area (Å²) >= 11 is 5.88. The summed E-state index contributed by atoms with van der Waals surface area (Å²) in [4.78, 5) is 7.94. The summed E-state index contributed by atoms with van der Waals surface area (Å²) in [7, 11) is 0. The maximum atomic E-state index is 6.05. The Bertz CT molecular complexity index is 670. The van der Waals surface area contributed by atoms with Crippen LogP contribution in [0.15, 0.2) is 24.3 Å². The molecule has 0 atom stereocenters. The van der Waals surface area contributed by atoms with Gasteiger partial charge in [-0.05, 0) is 30.7 Å². The highest BCUT2D eigenvalue weighted by atomic mass is 35.5. The van der Waals surface area contributed by atoms with Crippen LogP contribution in [0, 0.1) is 6.92 Å². The second kappa shape index (κ2) is 7.02.